The number of amides is 1. The van der Waals surface area contributed by atoms with Crippen LogP contribution in [0.3, 0.4) is 0 Å². The van der Waals surface area contributed by atoms with Gasteiger partial charge in [-0.15, -0.1) is 0 Å². The second kappa shape index (κ2) is 10.7. The number of hydrogen-bond donors (Lipinski definition) is 1. The van der Waals surface area contributed by atoms with Crippen LogP contribution in [0.1, 0.15) is 34.8 Å². The summed E-state index contributed by atoms with van der Waals surface area (Å²) in [6.45, 7) is 1.93. The van der Waals surface area contributed by atoms with Crippen LogP contribution in [-0.2, 0) is 20.8 Å². The van der Waals surface area contributed by atoms with E-state index >= 15 is 0 Å². The molecule has 0 aliphatic carbocycles. The van der Waals surface area contributed by atoms with Crippen molar-refractivity contribution in [2.75, 3.05) is 27.6 Å². The van der Waals surface area contributed by atoms with Gasteiger partial charge in [0.05, 0.1) is 27.0 Å². The van der Waals surface area contributed by atoms with E-state index in [0.717, 1.165) is 0 Å². The first-order valence-corrected chi connectivity index (χ1v) is 10.8. The smallest absolute Gasteiger partial charge is 0.356 e. The number of hydrazone groups is 1. The number of esters is 1. The number of benzene rings is 1. The lowest BCUT2D eigenvalue weighted by Crippen LogP contribution is -2.20. The molecule has 0 spiro atoms. The largest absolute Gasteiger partial charge is 0.492 e. The molecule has 1 aromatic carbocycles. The van der Waals surface area contributed by atoms with Crippen LogP contribution >= 0.6 is 0 Å². The molecule has 0 fully saturated rings. The Morgan fingerprint density at radius 2 is 1.91 bits per heavy atom. The van der Waals surface area contributed by atoms with Crippen molar-refractivity contribution in [2.45, 2.75) is 25.9 Å². The fourth-order valence-electron chi connectivity index (χ4n) is 3.71. The van der Waals surface area contributed by atoms with Crippen LogP contribution in [0.5, 0.6) is 23.0 Å². The molecule has 1 unspecified atom stereocenters. The number of pyridine rings is 1. The van der Waals surface area contributed by atoms with Crippen LogP contribution in [0.25, 0.3) is 0 Å². The maximum Gasteiger partial charge on any atom is 0.356 e. The summed E-state index contributed by atoms with van der Waals surface area (Å²) in [4.78, 5) is 33.8. The maximum atomic E-state index is 12.4. The third-order valence-corrected chi connectivity index (χ3v) is 5.26. The Hall–Kier alpha value is -4.35. The zero-order chi connectivity index (χ0) is 24.8. The lowest BCUT2D eigenvalue weighted by atomic mass is 9.96. The normalized spacial score (nSPS) is 16.0. The highest BCUT2D eigenvalue weighted by atomic mass is 16.7. The van der Waals surface area contributed by atoms with Crippen molar-refractivity contribution < 1.29 is 38.1 Å². The molecule has 1 aromatic heterocycles. The number of methoxy groups -OCH3 is 2. The van der Waals surface area contributed by atoms with Gasteiger partial charge in [-0.05, 0) is 19.1 Å². The summed E-state index contributed by atoms with van der Waals surface area (Å²) in [5.41, 5.74) is 4.19. The molecule has 1 atom stereocenters. The van der Waals surface area contributed by atoms with Crippen molar-refractivity contribution in [3.8, 4) is 23.0 Å². The first kappa shape index (κ1) is 23.8. The molecule has 2 aliphatic heterocycles. The third-order valence-electron chi connectivity index (χ3n) is 5.26. The molecule has 12 heteroatoms. The number of carbonyl (C=O) groups is 2. The Morgan fingerprint density at radius 3 is 2.63 bits per heavy atom. The molecular weight excluding hydrogens is 460 g/mol. The van der Waals surface area contributed by atoms with Gasteiger partial charge in [0, 0.05) is 41.9 Å². The summed E-state index contributed by atoms with van der Waals surface area (Å²) < 4.78 is 27.5. The van der Waals surface area contributed by atoms with Crippen LogP contribution in [0.2, 0.25) is 0 Å². The van der Waals surface area contributed by atoms with Crippen LogP contribution in [0.15, 0.2) is 34.8 Å². The van der Waals surface area contributed by atoms with Gasteiger partial charge in [-0.2, -0.15) is 5.10 Å². The van der Waals surface area contributed by atoms with Crippen LogP contribution in [0, 0.1) is 0 Å². The molecule has 0 saturated heterocycles. The number of oxime groups is 1. The minimum atomic E-state index is -0.522. The maximum absolute atomic E-state index is 12.4. The van der Waals surface area contributed by atoms with Crippen LogP contribution in [-0.4, -0.2) is 62.5 Å². The monoisotopic (exact) mass is 484 g/mol. The average molecular weight is 484 g/mol. The zero-order valence-corrected chi connectivity index (χ0v) is 19.4. The number of hydrogen-bond acceptors (Lipinski definition) is 11. The summed E-state index contributed by atoms with van der Waals surface area (Å²) in [5, 5.41) is 7.98. The third kappa shape index (κ3) is 4.95. The quantitative estimate of drug-likeness (QED) is 0.321. The van der Waals surface area contributed by atoms with E-state index in [-0.39, 0.29) is 32.0 Å². The molecule has 12 nitrogen and oxygen atoms in total. The van der Waals surface area contributed by atoms with Gasteiger partial charge < -0.3 is 28.5 Å². The lowest BCUT2D eigenvalue weighted by molar-refractivity contribution is -0.135. The van der Waals surface area contributed by atoms with Crippen molar-refractivity contribution in [3.63, 3.8) is 0 Å². The molecule has 2 aliphatic rings. The summed E-state index contributed by atoms with van der Waals surface area (Å²) in [6, 6.07) is 3.14. The Bertz CT molecular complexity index is 1170. The first-order chi connectivity index (χ1) is 17.1. The highest BCUT2D eigenvalue weighted by Gasteiger charge is 2.34. The summed E-state index contributed by atoms with van der Waals surface area (Å²) >= 11 is 0. The first-order valence-electron chi connectivity index (χ1n) is 10.8. The number of nitrogens with zero attached hydrogens (tertiary/aromatic N) is 3. The van der Waals surface area contributed by atoms with Crippen molar-refractivity contribution in [1.82, 2.24) is 10.4 Å². The predicted molar refractivity (Wildman–Crippen MR) is 122 cm³/mol. The van der Waals surface area contributed by atoms with Gasteiger partial charge in [-0.3, -0.25) is 9.78 Å². The topological polar surface area (TPSA) is 139 Å². The Labute approximate surface area is 200 Å². The summed E-state index contributed by atoms with van der Waals surface area (Å²) in [5.74, 6) is 0.524. The van der Waals surface area contributed by atoms with Crippen molar-refractivity contribution in [3.05, 3.63) is 41.2 Å². The van der Waals surface area contributed by atoms with Gasteiger partial charge in [0.15, 0.2) is 17.2 Å². The molecular formula is C23H24N4O8. The fourth-order valence-corrected chi connectivity index (χ4v) is 3.71. The highest BCUT2D eigenvalue weighted by Crippen LogP contribution is 2.52. The van der Waals surface area contributed by atoms with E-state index in [4.69, 9.17) is 28.5 Å². The molecule has 2 aromatic rings. The van der Waals surface area contributed by atoms with Gasteiger partial charge in [0.2, 0.25) is 18.3 Å². The molecule has 184 valence electrons. The van der Waals surface area contributed by atoms with Crippen molar-refractivity contribution in [2.24, 2.45) is 10.3 Å². The molecule has 0 saturated carbocycles. The number of rotatable bonds is 9. The zero-order valence-electron chi connectivity index (χ0n) is 19.4. The van der Waals surface area contributed by atoms with Crippen molar-refractivity contribution >= 4 is 23.8 Å². The van der Waals surface area contributed by atoms with E-state index in [2.05, 4.69) is 20.7 Å². The molecule has 4 rings (SSSR count). The minimum absolute atomic E-state index is 0.0292. The van der Waals surface area contributed by atoms with Gasteiger partial charge in [-0.25, -0.2) is 10.2 Å². The average Bonchev–Trinajstić information content (AvgIpc) is 3.55. The molecule has 1 N–H and O–H groups in total. The second-order valence-corrected chi connectivity index (χ2v) is 7.35. The Kier molecular flexibility index (Phi) is 7.29. The second-order valence-electron chi connectivity index (χ2n) is 7.35. The van der Waals surface area contributed by atoms with Gasteiger partial charge in [0.1, 0.15) is 6.10 Å². The number of aromatic nitrogens is 1. The van der Waals surface area contributed by atoms with E-state index in [0.29, 0.717) is 39.7 Å². The predicted octanol–water partition coefficient (Wildman–Crippen LogP) is 1.84. The van der Waals surface area contributed by atoms with Crippen LogP contribution < -0.4 is 24.4 Å². The van der Waals surface area contributed by atoms with E-state index in [1.165, 1.54) is 32.8 Å². The number of nitrogens with one attached hydrogen (secondary N) is 1. The van der Waals surface area contributed by atoms with E-state index in [1.807, 2.05) is 0 Å². The van der Waals surface area contributed by atoms with Gasteiger partial charge in [0.25, 0.3) is 5.91 Å². The Balaban J connectivity index is 1.64. The van der Waals surface area contributed by atoms with E-state index in [9.17, 15) is 9.59 Å². The lowest BCUT2D eigenvalue weighted by Gasteiger charge is -2.19. The standard InChI is InChI=1S/C23H24N4O8/c1-4-32-23(29)17-10-14(35-27-17)9-15-16(11-25-26-22(28)13-5-7-24-8-6-13)19-21(34-12-33-19)20(31-3)18(15)30-2/h5-8,11,14H,4,9-10,12H2,1-3H3,(H,26,28). The number of carbonyl (C=O) groups excluding carboxylic acids is 2. The molecule has 0 bridgehead atoms. The summed E-state index contributed by atoms with van der Waals surface area (Å²) in [6.07, 6.45) is 4.49. The highest BCUT2D eigenvalue weighted by molar-refractivity contribution is 6.36. The molecule has 3 heterocycles. The molecule has 35 heavy (non-hydrogen) atoms. The van der Waals surface area contributed by atoms with E-state index < -0.39 is 18.0 Å². The van der Waals surface area contributed by atoms with Crippen LogP contribution in [0.4, 0.5) is 0 Å². The number of ether oxygens (including phenoxy) is 5. The molecule has 0 radical (unpaired) electrons. The van der Waals surface area contributed by atoms with Gasteiger partial charge in [-0.1, -0.05) is 5.16 Å². The van der Waals surface area contributed by atoms with Gasteiger partial charge >= 0.3 is 5.97 Å². The van der Waals surface area contributed by atoms with Crippen molar-refractivity contribution in [1.29, 1.82) is 0 Å². The molecule has 1 amide bonds. The van der Waals surface area contributed by atoms with E-state index in [1.54, 1.807) is 19.1 Å². The minimum Gasteiger partial charge on any atom is -0.492 e. The SMILES string of the molecule is CCOC(=O)C1=NOC(Cc2c(C=NNC(=O)c3ccncc3)c3c(c(OC)c2OC)OCO3)C1. The summed E-state index contributed by atoms with van der Waals surface area (Å²) in [7, 11) is 2.98. The fraction of sp³-hybridized carbons (Fsp3) is 0.348. The number of fused-ring (bicyclic) bond motifs is 1. The Morgan fingerprint density at radius 1 is 1.17 bits per heavy atom.